The molecule has 1 N–H and O–H groups in total. The van der Waals surface area contributed by atoms with Gasteiger partial charge in [-0.15, -0.1) is 11.3 Å². The number of benzene rings is 2. The lowest BCUT2D eigenvalue weighted by Gasteiger charge is -2.26. The molecular weight excluding hydrogens is 591 g/mol. The van der Waals surface area contributed by atoms with E-state index in [4.69, 9.17) is 16.3 Å². The van der Waals surface area contributed by atoms with Crippen molar-refractivity contribution < 1.29 is 22.3 Å². The normalized spacial score (nSPS) is 14.4. The minimum atomic E-state index is -3.84. The Kier molecular flexibility index (Phi) is 8.85. The number of nitrogens with one attached hydrogen (secondary N) is 1. The van der Waals surface area contributed by atoms with Crippen molar-refractivity contribution in [2.75, 3.05) is 50.5 Å². The number of halogens is 2. The first kappa shape index (κ1) is 29.3. The predicted octanol–water partition coefficient (Wildman–Crippen LogP) is 3.88. The number of aryl methyl sites for hydroxylation is 1. The fraction of sp³-hybridized carbons (Fsp3) is 0.321. The van der Waals surface area contributed by atoms with Crippen LogP contribution in [0.2, 0.25) is 4.34 Å². The molecule has 1 aliphatic rings. The Morgan fingerprint density at radius 1 is 1.15 bits per heavy atom. The van der Waals surface area contributed by atoms with Gasteiger partial charge in [0.25, 0.3) is 5.56 Å². The molecule has 1 fully saturated rings. The van der Waals surface area contributed by atoms with Gasteiger partial charge >= 0.3 is 0 Å². The van der Waals surface area contributed by atoms with Crippen molar-refractivity contribution in [3.05, 3.63) is 80.4 Å². The van der Waals surface area contributed by atoms with Gasteiger partial charge in [-0.25, -0.2) is 17.8 Å². The summed E-state index contributed by atoms with van der Waals surface area (Å²) in [5.74, 6) is -1.73. The number of hydrogen-bond donors (Lipinski definition) is 1. The molecule has 0 spiro atoms. The van der Waals surface area contributed by atoms with Gasteiger partial charge in [0.05, 0.1) is 34.1 Å². The number of sulfone groups is 1. The van der Waals surface area contributed by atoms with Crippen LogP contribution in [0.3, 0.4) is 0 Å². The molecule has 0 bridgehead atoms. The van der Waals surface area contributed by atoms with Gasteiger partial charge < -0.3 is 10.1 Å². The number of carbonyl (C=O) groups excluding carboxylic acids is 1. The van der Waals surface area contributed by atoms with Crippen LogP contribution in [0.1, 0.15) is 11.4 Å². The number of morpholine rings is 1. The van der Waals surface area contributed by atoms with Crippen LogP contribution in [-0.4, -0.2) is 73.8 Å². The summed E-state index contributed by atoms with van der Waals surface area (Å²) in [7, 11) is -3.84. The summed E-state index contributed by atoms with van der Waals surface area (Å²) in [6, 6.07) is 12.1. The van der Waals surface area contributed by atoms with E-state index in [-0.39, 0.29) is 16.3 Å². The van der Waals surface area contributed by atoms with Crippen molar-refractivity contribution in [1.29, 1.82) is 0 Å². The molecule has 2 aromatic heterocycles. The molecule has 5 rings (SSSR count). The SMILES string of the molecule is Cc1nc2cc(NCCN3CCOCC3)ccc2c(=O)n1-c1ccc(CC(=O)CS(=O)(=O)c2ccc(Cl)s2)cc1F. The molecule has 3 heterocycles. The Labute approximate surface area is 245 Å². The molecule has 4 aromatic rings. The van der Waals surface area contributed by atoms with Crippen LogP contribution < -0.4 is 10.9 Å². The first-order valence-electron chi connectivity index (χ1n) is 13.0. The third kappa shape index (κ3) is 6.84. The van der Waals surface area contributed by atoms with Gasteiger partial charge in [-0.05, 0) is 55.0 Å². The lowest BCUT2D eigenvalue weighted by molar-refractivity contribution is -0.116. The van der Waals surface area contributed by atoms with Crippen LogP contribution in [0.4, 0.5) is 10.1 Å². The summed E-state index contributed by atoms with van der Waals surface area (Å²) in [5, 5.41) is 3.70. The first-order chi connectivity index (χ1) is 19.6. The van der Waals surface area contributed by atoms with Crippen LogP contribution in [0.5, 0.6) is 0 Å². The average molecular weight is 619 g/mol. The van der Waals surface area contributed by atoms with E-state index in [0.29, 0.717) is 26.6 Å². The van der Waals surface area contributed by atoms with Crippen LogP contribution in [0.25, 0.3) is 16.6 Å². The van der Waals surface area contributed by atoms with Gasteiger partial charge in [0.2, 0.25) is 0 Å². The van der Waals surface area contributed by atoms with Crippen molar-refractivity contribution >= 4 is 55.1 Å². The van der Waals surface area contributed by atoms with Gasteiger partial charge in [-0.3, -0.25) is 19.1 Å². The standard InChI is InChI=1S/C28H28ClFN4O5S2/c1-18-32-24-16-20(31-8-9-33-10-12-39-13-11-33)3-4-22(24)28(36)34(18)25-5-2-19(15-23(25)30)14-21(35)17-41(37,38)27-7-6-26(29)40-27/h2-7,15-16,31H,8-14,17H2,1H3. The van der Waals surface area contributed by atoms with Crippen molar-refractivity contribution in [3.63, 3.8) is 0 Å². The predicted molar refractivity (Wildman–Crippen MR) is 158 cm³/mol. The number of fused-ring (bicyclic) bond motifs is 1. The van der Waals surface area contributed by atoms with E-state index in [1.165, 1.54) is 28.8 Å². The Bertz CT molecular complexity index is 1770. The summed E-state index contributed by atoms with van der Waals surface area (Å²) in [4.78, 5) is 32.7. The number of Topliss-reactive ketones (excluding diaryl/α,β-unsaturated/α-hetero) is 1. The highest BCUT2D eigenvalue weighted by Crippen LogP contribution is 2.27. The van der Waals surface area contributed by atoms with Crippen LogP contribution in [-0.2, 0) is 25.8 Å². The molecule has 0 unspecified atom stereocenters. The Hall–Kier alpha value is -3.16. The van der Waals surface area contributed by atoms with Gasteiger partial charge in [0.15, 0.2) is 15.6 Å². The zero-order valence-electron chi connectivity index (χ0n) is 22.2. The van der Waals surface area contributed by atoms with Gasteiger partial charge in [-0.2, -0.15) is 0 Å². The smallest absolute Gasteiger partial charge is 0.266 e. The monoisotopic (exact) mass is 618 g/mol. The van der Waals surface area contributed by atoms with Gasteiger partial charge in [0.1, 0.15) is 21.6 Å². The topological polar surface area (TPSA) is 111 Å². The molecule has 0 saturated carbocycles. The third-order valence-corrected chi connectivity index (χ3v) is 10.2. The molecule has 9 nitrogen and oxygen atoms in total. The van der Waals surface area contributed by atoms with Gasteiger partial charge in [-0.1, -0.05) is 17.7 Å². The Morgan fingerprint density at radius 3 is 2.63 bits per heavy atom. The third-order valence-electron chi connectivity index (χ3n) is 6.76. The van der Waals surface area contributed by atoms with Crippen molar-refractivity contribution in [3.8, 4) is 5.69 Å². The summed E-state index contributed by atoms with van der Waals surface area (Å²) >= 11 is 6.69. The average Bonchev–Trinajstić information content (AvgIpc) is 3.37. The molecule has 216 valence electrons. The number of hydrogen-bond acceptors (Lipinski definition) is 9. The Morgan fingerprint density at radius 2 is 1.93 bits per heavy atom. The molecule has 1 saturated heterocycles. The number of rotatable bonds is 10. The molecule has 0 atom stereocenters. The minimum absolute atomic E-state index is 0.00641. The van der Waals surface area contributed by atoms with E-state index in [2.05, 4.69) is 15.2 Å². The summed E-state index contributed by atoms with van der Waals surface area (Å²) in [5.41, 5.74) is 1.19. The zero-order chi connectivity index (χ0) is 29.1. The number of thiophene rings is 1. The molecule has 2 aromatic carbocycles. The van der Waals surface area contributed by atoms with E-state index < -0.39 is 32.7 Å². The fourth-order valence-electron chi connectivity index (χ4n) is 4.74. The molecule has 0 aliphatic carbocycles. The highest BCUT2D eigenvalue weighted by molar-refractivity contribution is 7.94. The van der Waals surface area contributed by atoms with Crippen LogP contribution >= 0.6 is 22.9 Å². The van der Waals surface area contributed by atoms with E-state index >= 15 is 4.39 Å². The molecule has 0 amide bonds. The summed E-state index contributed by atoms with van der Waals surface area (Å²) < 4.78 is 47.1. The lowest BCUT2D eigenvalue weighted by atomic mass is 10.1. The molecular formula is C28H28ClFN4O5S2. The molecule has 0 radical (unpaired) electrons. The molecule has 13 heteroatoms. The zero-order valence-corrected chi connectivity index (χ0v) is 24.6. The van der Waals surface area contributed by atoms with E-state index in [1.54, 1.807) is 25.1 Å². The number of ether oxygens (including phenoxy) is 1. The second-order valence-corrected chi connectivity index (χ2v) is 13.7. The first-order valence-corrected chi connectivity index (χ1v) is 15.8. The summed E-state index contributed by atoms with van der Waals surface area (Å²) in [6.07, 6.45) is -0.277. The van der Waals surface area contributed by atoms with E-state index in [1.807, 2.05) is 0 Å². The molecule has 41 heavy (non-hydrogen) atoms. The second kappa shape index (κ2) is 12.4. The summed E-state index contributed by atoms with van der Waals surface area (Å²) in [6.45, 7) is 6.51. The Balaban J connectivity index is 1.30. The number of nitrogens with zero attached hydrogens (tertiary/aromatic N) is 3. The van der Waals surface area contributed by atoms with E-state index in [0.717, 1.165) is 62.5 Å². The maximum atomic E-state index is 15.3. The maximum Gasteiger partial charge on any atom is 0.266 e. The van der Waals surface area contributed by atoms with Crippen molar-refractivity contribution in [2.24, 2.45) is 0 Å². The minimum Gasteiger partial charge on any atom is -0.384 e. The number of carbonyl (C=O) groups is 1. The number of anilines is 1. The second-order valence-electron chi connectivity index (χ2n) is 9.73. The van der Waals surface area contributed by atoms with Crippen LogP contribution in [0, 0.1) is 12.7 Å². The fourth-order valence-corrected chi connectivity index (χ4v) is 7.55. The largest absolute Gasteiger partial charge is 0.384 e. The maximum absolute atomic E-state index is 15.3. The quantitative estimate of drug-likeness (QED) is 0.285. The van der Waals surface area contributed by atoms with Crippen molar-refractivity contribution in [1.82, 2.24) is 14.5 Å². The van der Waals surface area contributed by atoms with Gasteiger partial charge in [0, 0.05) is 38.3 Å². The highest BCUT2D eigenvalue weighted by Gasteiger charge is 2.22. The number of aromatic nitrogens is 2. The van der Waals surface area contributed by atoms with Crippen LogP contribution in [0.15, 0.2) is 57.5 Å². The molecule has 1 aliphatic heterocycles. The lowest BCUT2D eigenvalue weighted by Crippen LogP contribution is -2.39. The number of ketones is 1. The van der Waals surface area contributed by atoms with Crippen molar-refractivity contribution in [2.45, 2.75) is 17.6 Å². The highest BCUT2D eigenvalue weighted by atomic mass is 35.5. The van der Waals surface area contributed by atoms with E-state index in [9.17, 15) is 18.0 Å².